The molecule has 0 aliphatic heterocycles. The van der Waals surface area contributed by atoms with E-state index in [0.29, 0.717) is 19.3 Å². The number of ketones is 3. The first kappa shape index (κ1) is 18.9. The van der Waals surface area contributed by atoms with Crippen molar-refractivity contribution in [3.05, 3.63) is 0 Å². The largest absolute Gasteiger partial charge is 0.320 e. The summed E-state index contributed by atoms with van der Waals surface area (Å²) < 4.78 is 0. The monoisotopic (exact) mass is 284 g/mol. The van der Waals surface area contributed by atoms with Crippen LogP contribution in [-0.4, -0.2) is 43.5 Å². The van der Waals surface area contributed by atoms with Crippen LogP contribution in [0.3, 0.4) is 0 Å². The maximum atomic E-state index is 11.8. The molecule has 0 aliphatic rings. The molecule has 0 amide bonds. The summed E-state index contributed by atoms with van der Waals surface area (Å²) in [6, 6.07) is -0.277. The summed E-state index contributed by atoms with van der Waals surface area (Å²) in [6.45, 7) is 5.98. The number of Topliss-reactive ketones (excluding diaryl/α,β-unsaturated/α-hetero) is 3. The fraction of sp³-hybridized carbons (Fsp3) is 0.800. The SMILES string of the molecule is CC[C@H](CCC(=O)CN[C@@H](CCNC)C(C)=O)C(C)=O. The molecule has 0 saturated heterocycles. The van der Waals surface area contributed by atoms with Crippen molar-refractivity contribution in [2.45, 2.75) is 52.5 Å². The van der Waals surface area contributed by atoms with E-state index in [9.17, 15) is 14.4 Å². The van der Waals surface area contributed by atoms with Crippen LogP contribution in [0.5, 0.6) is 0 Å². The Hall–Kier alpha value is -1.07. The highest BCUT2D eigenvalue weighted by atomic mass is 16.1. The van der Waals surface area contributed by atoms with E-state index >= 15 is 0 Å². The predicted octanol–water partition coefficient (Wildman–Crippen LogP) is 1.11. The Balaban J connectivity index is 4.06. The van der Waals surface area contributed by atoms with Gasteiger partial charge in [-0.1, -0.05) is 6.92 Å². The number of nitrogens with one attached hydrogen (secondary N) is 2. The zero-order valence-electron chi connectivity index (χ0n) is 13.1. The summed E-state index contributed by atoms with van der Waals surface area (Å²) in [7, 11) is 1.83. The Kier molecular flexibility index (Phi) is 10.1. The van der Waals surface area contributed by atoms with Crippen LogP contribution in [0.15, 0.2) is 0 Å². The normalized spacial score (nSPS) is 13.8. The molecule has 0 rings (SSSR count). The van der Waals surface area contributed by atoms with Crippen molar-refractivity contribution in [2.24, 2.45) is 5.92 Å². The fourth-order valence-corrected chi connectivity index (χ4v) is 2.09. The third-order valence-electron chi connectivity index (χ3n) is 3.56. The van der Waals surface area contributed by atoms with Crippen LogP contribution in [0.2, 0.25) is 0 Å². The van der Waals surface area contributed by atoms with Crippen LogP contribution >= 0.6 is 0 Å². The molecule has 0 bridgehead atoms. The van der Waals surface area contributed by atoms with Gasteiger partial charge in [-0.05, 0) is 46.7 Å². The van der Waals surface area contributed by atoms with E-state index in [0.717, 1.165) is 13.0 Å². The summed E-state index contributed by atoms with van der Waals surface area (Å²) in [5.41, 5.74) is 0. The van der Waals surface area contributed by atoms with Crippen molar-refractivity contribution in [1.82, 2.24) is 10.6 Å². The van der Waals surface area contributed by atoms with Crippen molar-refractivity contribution in [1.29, 1.82) is 0 Å². The van der Waals surface area contributed by atoms with Gasteiger partial charge in [-0.2, -0.15) is 0 Å². The molecule has 5 nitrogen and oxygen atoms in total. The first-order valence-electron chi connectivity index (χ1n) is 7.32. The molecule has 20 heavy (non-hydrogen) atoms. The molecule has 0 radical (unpaired) electrons. The lowest BCUT2D eigenvalue weighted by atomic mass is 9.95. The van der Waals surface area contributed by atoms with Gasteiger partial charge in [0.05, 0.1) is 12.6 Å². The quantitative estimate of drug-likeness (QED) is 0.561. The zero-order valence-corrected chi connectivity index (χ0v) is 13.1. The third kappa shape index (κ3) is 8.17. The highest BCUT2D eigenvalue weighted by molar-refractivity contribution is 5.85. The van der Waals surface area contributed by atoms with E-state index in [2.05, 4.69) is 10.6 Å². The van der Waals surface area contributed by atoms with Gasteiger partial charge in [0, 0.05) is 12.3 Å². The molecule has 0 spiro atoms. The molecule has 0 aromatic heterocycles. The molecule has 0 fully saturated rings. The highest BCUT2D eigenvalue weighted by Gasteiger charge is 2.16. The van der Waals surface area contributed by atoms with E-state index in [-0.39, 0.29) is 35.9 Å². The fourth-order valence-electron chi connectivity index (χ4n) is 2.09. The minimum atomic E-state index is -0.277. The maximum absolute atomic E-state index is 11.8. The Labute approximate surface area is 121 Å². The lowest BCUT2D eigenvalue weighted by molar-refractivity contribution is -0.122. The second-order valence-corrected chi connectivity index (χ2v) is 5.23. The minimum Gasteiger partial charge on any atom is -0.320 e. The van der Waals surface area contributed by atoms with Gasteiger partial charge in [0.1, 0.15) is 17.3 Å². The molecule has 0 unspecified atom stereocenters. The zero-order chi connectivity index (χ0) is 15.5. The average Bonchev–Trinajstić information content (AvgIpc) is 2.38. The van der Waals surface area contributed by atoms with Gasteiger partial charge in [0.2, 0.25) is 0 Å². The Bertz CT molecular complexity index is 329. The Morgan fingerprint density at radius 3 is 2.15 bits per heavy atom. The van der Waals surface area contributed by atoms with Crippen LogP contribution in [0.1, 0.15) is 46.5 Å². The van der Waals surface area contributed by atoms with Gasteiger partial charge in [0.25, 0.3) is 0 Å². The molecule has 2 atom stereocenters. The molecule has 0 heterocycles. The minimum absolute atomic E-state index is 0.0214. The van der Waals surface area contributed by atoms with Gasteiger partial charge in [0.15, 0.2) is 0 Å². The summed E-state index contributed by atoms with van der Waals surface area (Å²) in [5, 5.41) is 5.99. The van der Waals surface area contributed by atoms with Crippen molar-refractivity contribution in [2.75, 3.05) is 20.1 Å². The molecule has 0 saturated carbocycles. The summed E-state index contributed by atoms with van der Waals surface area (Å²) in [4.78, 5) is 34.5. The molecular formula is C15H28N2O3. The highest BCUT2D eigenvalue weighted by Crippen LogP contribution is 2.12. The van der Waals surface area contributed by atoms with E-state index < -0.39 is 0 Å². The van der Waals surface area contributed by atoms with E-state index in [1.807, 2.05) is 14.0 Å². The lowest BCUT2D eigenvalue weighted by Crippen LogP contribution is -2.40. The Morgan fingerprint density at radius 1 is 1.05 bits per heavy atom. The van der Waals surface area contributed by atoms with Crippen LogP contribution < -0.4 is 10.6 Å². The summed E-state index contributed by atoms with van der Waals surface area (Å²) >= 11 is 0. The first-order valence-corrected chi connectivity index (χ1v) is 7.32. The van der Waals surface area contributed by atoms with Crippen molar-refractivity contribution in [3.63, 3.8) is 0 Å². The number of rotatable bonds is 12. The number of carbonyl (C=O) groups excluding carboxylic acids is 3. The first-order chi connectivity index (χ1) is 9.42. The summed E-state index contributed by atoms with van der Waals surface area (Å²) in [6.07, 6.45) is 2.44. The van der Waals surface area contributed by atoms with Gasteiger partial charge in [-0.3, -0.25) is 14.4 Å². The smallest absolute Gasteiger partial charge is 0.146 e. The van der Waals surface area contributed by atoms with E-state index in [1.165, 1.54) is 6.92 Å². The molecule has 0 aromatic carbocycles. The number of carbonyl (C=O) groups is 3. The van der Waals surface area contributed by atoms with Gasteiger partial charge < -0.3 is 10.6 Å². The molecule has 0 aliphatic carbocycles. The van der Waals surface area contributed by atoms with Gasteiger partial charge in [-0.15, -0.1) is 0 Å². The van der Waals surface area contributed by atoms with Gasteiger partial charge in [-0.25, -0.2) is 0 Å². The third-order valence-corrected chi connectivity index (χ3v) is 3.56. The standard InChI is InChI=1S/C15H28N2O3/c1-5-13(11(2)18)6-7-14(20)10-17-15(12(3)19)8-9-16-4/h13,15-17H,5-10H2,1-4H3/t13-,15+/m1/s1. The van der Waals surface area contributed by atoms with Crippen molar-refractivity contribution in [3.8, 4) is 0 Å². The van der Waals surface area contributed by atoms with Crippen LogP contribution in [0.25, 0.3) is 0 Å². The van der Waals surface area contributed by atoms with Gasteiger partial charge >= 0.3 is 0 Å². The number of hydrogen-bond acceptors (Lipinski definition) is 5. The molecular weight excluding hydrogens is 256 g/mol. The molecule has 2 N–H and O–H groups in total. The van der Waals surface area contributed by atoms with E-state index in [4.69, 9.17) is 0 Å². The average molecular weight is 284 g/mol. The van der Waals surface area contributed by atoms with Crippen LogP contribution in [0, 0.1) is 5.92 Å². The second-order valence-electron chi connectivity index (χ2n) is 5.23. The van der Waals surface area contributed by atoms with Crippen LogP contribution in [0.4, 0.5) is 0 Å². The summed E-state index contributed by atoms with van der Waals surface area (Å²) in [5.74, 6) is 0.222. The second kappa shape index (κ2) is 10.7. The molecule has 116 valence electrons. The van der Waals surface area contributed by atoms with Crippen molar-refractivity contribution < 1.29 is 14.4 Å². The Morgan fingerprint density at radius 2 is 1.70 bits per heavy atom. The molecule has 5 heteroatoms. The van der Waals surface area contributed by atoms with Crippen LogP contribution in [-0.2, 0) is 14.4 Å². The topological polar surface area (TPSA) is 75.3 Å². The molecule has 0 aromatic rings. The van der Waals surface area contributed by atoms with Crippen molar-refractivity contribution >= 4 is 17.3 Å². The number of hydrogen-bond donors (Lipinski definition) is 2. The lowest BCUT2D eigenvalue weighted by Gasteiger charge is -2.15. The maximum Gasteiger partial charge on any atom is 0.146 e. The predicted molar refractivity (Wildman–Crippen MR) is 79.7 cm³/mol. The van der Waals surface area contributed by atoms with E-state index in [1.54, 1.807) is 6.92 Å².